The normalized spacial score (nSPS) is 21.8. The monoisotopic (exact) mass is 260 g/mol. The minimum atomic E-state index is 0.598. The van der Waals surface area contributed by atoms with Gasteiger partial charge in [-0.15, -0.1) is 0 Å². The highest BCUT2D eigenvalue weighted by Gasteiger charge is 2.54. The molecule has 1 aliphatic heterocycles. The zero-order chi connectivity index (χ0) is 13.1. The van der Waals surface area contributed by atoms with Gasteiger partial charge in [0.25, 0.3) is 0 Å². The molecule has 0 saturated heterocycles. The summed E-state index contributed by atoms with van der Waals surface area (Å²) in [4.78, 5) is 0. The van der Waals surface area contributed by atoms with Crippen LogP contribution in [0.2, 0.25) is 0 Å². The molecule has 2 atom stereocenters. The van der Waals surface area contributed by atoms with Crippen LogP contribution in [0.1, 0.15) is 23.9 Å². The number of hydrogen-bond acceptors (Lipinski definition) is 1. The van der Waals surface area contributed by atoms with E-state index < -0.39 is 0 Å². The second-order valence-electron chi connectivity index (χ2n) is 5.67. The quantitative estimate of drug-likeness (QED) is 0.606. The topological polar surface area (TPSA) is 17.0 Å². The van der Waals surface area contributed by atoms with Crippen LogP contribution in [-0.2, 0) is 0 Å². The number of oxazole rings is 1. The SMILES string of the molecule is c1ccc(-c2c[n+]3c(o2)-c2ccccc2C2CC23)cc1. The van der Waals surface area contributed by atoms with Crippen LogP contribution in [0.4, 0.5) is 0 Å². The van der Waals surface area contributed by atoms with Gasteiger partial charge in [-0.3, -0.25) is 0 Å². The molecule has 0 bridgehead atoms. The van der Waals surface area contributed by atoms with Crippen molar-refractivity contribution in [2.24, 2.45) is 0 Å². The molecule has 3 aromatic rings. The predicted molar refractivity (Wildman–Crippen MR) is 76.2 cm³/mol. The average molecular weight is 260 g/mol. The van der Waals surface area contributed by atoms with Gasteiger partial charge in [0.05, 0.1) is 11.5 Å². The van der Waals surface area contributed by atoms with Crippen LogP contribution in [0.5, 0.6) is 0 Å². The maximum atomic E-state index is 6.18. The summed E-state index contributed by atoms with van der Waals surface area (Å²) < 4.78 is 8.51. The Bertz CT molecular complexity index is 803. The van der Waals surface area contributed by atoms with Gasteiger partial charge in [0.1, 0.15) is 0 Å². The van der Waals surface area contributed by atoms with E-state index >= 15 is 0 Å². The van der Waals surface area contributed by atoms with E-state index in [1.165, 1.54) is 17.5 Å². The molecule has 0 radical (unpaired) electrons. The second kappa shape index (κ2) is 3.60. The van der Waals surface area contributed by atoms with Crippen molar-refractivity contribution >= 4 is 0 Å². The lowest BCUT2D eigenvalue weighted by atomic mass is 10.0. The molecule has 2 unspecified atom stereocenters. The number of hydrogen-bond donors (Lipinski definition) is 0. The standard InChI is InChI=1S/C18H14NO/c1-2-6-12(7-3-1)17-11-19-16-10-15(16)13-8-4-5-9-14(13)18(19)20-17/h1-9,11,15-16H,10H2/q+1. The third-order valence-electron chi connectivity index (χ3n) is 4.46. The molecule has 1 aliphatic carbocycles. The average Bonchev–Trinajstić information content (AvgIpc) is 3.20. The summed E-state index contributed by atoms with van der Waals surface area (Å²) in [6.45, 7) is 0. The molecular weight excluding hydrogens is 246 g/mol. The molecule has 2 nitrogen and oxygen atoms in total. The summed E-state index contributed by atoms with van der Waals surface area (Å²) in [5, 5.41) is 0. The molecule has 5 rings (SSSR count). The van der Waals surface area contributed by atoms with Gasteiger partial charge < -0.3 is 4.42 Å². The van der Waals surface area contributed by atoms with Crippen LogP contribution in [0.3, 0.4) is 0 Å². The smallest absolute Gasteiger partial charge is 0.381 e. The highest BCUT2D eigenvalue weighted by atomic mass is 16.4. The first-order chi connectivity index (χ1) is 9.92. The van der Waals surface area contributed by atoms with Gasteiger partial charge in [0.2, 0.25) is 12.0 Å². The van der Waals surface area contributed by atoms with Crippen molar-refractivity contribution in [2.75, 3.05) is 0 Å². The van der Waals surface area contributed by atoms with Crippen molar-refractivity contribution in [1.82, 2.24) is 0 Å². The van der Waals surface area contributed by atoms with Gasteiger partial charge in [-0.25, -0.2) is 0 Å². The third kappa shape index (κ3) is 1.31. The highest BCUT2D eigenvalue weighted by molar-refractivity contribution is 5.63. The summed E-state index contributed by atoms with van der Waals surface area (Å²) in [5.41, 5.74) is 3.85. The first kappa shape index (κ1) is 10.4. The lowest BCUT2D eigenvalue weighted by Gasteiger charge is -2.08. The van der Waals surface area contributed by atoms with Crippen LogP contribution < -0.4 is 4.57 Å². The minimum Gasteiger partial charge on any atom is -0.398 e. The zero-order valence-corrected chi connectivity index (χ0v) is 11.0. The molecule has 96 valence electrons. The Morgan fingerprint density at radius 1 is 0.950 bits per heavy atom. The number of fused-ring (bicyclic) bond motifs is 6. The molecule has 1 aromatic heterocycles. The number of benzene rings is 2. The van der Waals surface area contributed by atoms with Crippen LogP contribution in [0.25, 0.3) is 22.8 Å². The number of aromatic nitrogens is 1. The van der Waals surface area contributed by atoms with Gasteiger partial charge in [-0.1, -0.05) is 48.5 Å². The van der Waals surface area contributed by atoms with Crippen LogP contribution in [0.15, 0.2) is 65.2 Å². The molecule has 2 aromatic carbocycles. The molecule has 0 amide bonds. The fraction of sp³-hybridized carbons (Fsp3) is 0.167. The van der Waals surface area contributed by atoms with Crippen molar-refractivity contribution in [3.05, 3.63) is 66.4 Å². The van der Waals surface area contributed by atoms with Crippen LogP contribution >= 0.6 is 0 Å². The van der Waals surface area contributed by atoms with Gasteiger partial charge >= 0.3 is 5.89 Å². The first-order valence-corrected chi connectivity index (χ1v) is 7.11. The van der Waals surface area contributed by atoms with E-state index in [9.17, 15) is 0 Å². The van der Waals surface area contributed by atoms with Crippen molar-refractivity contribution in [3.63, 3.8) is 0 Å². The van der Waals surface area contributed by atoms with Crippen LogP contribution in [0, 0.1) is 0 Å². The molecule has 1 fully saturated rings. The minimum absolute atomic E-state index is 0.598. The van der Waals surface area contributed by atoms with Crippen molar-refractivity contribution < 1.29 is 8.98 Å². The Morgan fingerprint density at radius 3 is 2.65 bits per heavy atom. The maximum Gasteiger partial charge on any atom is 0.381 e. The summed E-state index contributed by atoms with van der Waals surface area (Å²) >= 11 is 0. The second-order valence-corrected chi connectivity index (χ2v) is 5.67. The van der Waals surface area contributed by atoms with Crippen molar-refractivity contribution in [1.29, 1.82) is 0 Å². The lowest BCUT2D eigenvalue weighted by Crippen LogP contribution is -2.35. The van der Waals surface area contributed by atoms with Gasteiger partial charge in [-0.2, -0.15) is 4.57 Å². The Morgan fingerprint density at radius 2 is 1.75 bits per heavy atom. The van der Waals surface area contributed by atoms with E-state index in [4.69, 9.17) is 4.42 Å². The van der Waals surface area contributed by atoms with E-state index in [2.05, 4.69) is 59.3 Å². The molecule has 20 heavy (non-hydrogen) atoms. The molecule has 1 saturated carbocycles. The summed E-state index contributed by atoms with van der Waals surface area (Å²) in [6, 6.07) is 19.6. The number of rotatable bonds is 1. The van der Waals surface area contributed by atoms with E-state index in [0.29, 0.717) is 12.0 Å². The highest BCUT2D eigenvalue weighted by Crippen LogP contribution is 2.54. The predicted octanol–water partition coefficient (Wildman–Crippen LogP) is 3.94. The van der Waals surface area contributed by atoms with Crippen molar-refractivity contribution in [2.45, 2.75) is 18.4 Å². The zero-order valence-electron chi connectivity index (χ0n) is 11.0. The van der Waals surface area contributed by atoms with E-state index in [1.54, 1.807) is 0 Å². The summed E-state index contributed by atoms with van der Waals surface area (Å²) in [7, 11) is 0. The fourth-order valence-electron chi connectivity index (χ4n) is 3.38. The van der Waals surface area contributed by atoms with Gasteiger partial charge in [-0.05, 0) is 11.6 Å². The molecule has 2 aliphatic rings. The fourth-order valence-corrected chi connectivity index (χ4v) is 3.38. The Kier molecular flexibility index (Phi) is 1.88. The van der Waals surface area contributed by atoms with Crippen LogP contribution in [-0.4, -0.2) is 0 Å². The first-order valence-electron chi connectivity index (χ1n) is 7.11. The molecule has 2 heterocycles. The van der Waals surface area contributed by atoms with Gasteiger partial charge in [0, 0.05) is 12.0 Å². The Labute approximate surface area is 117 Å². The lowest BCUT2D eigenvalue weighted by molar-refractivity contribution is -0.694. The maximum absolute atomic E-state index is 6.18. The Hall–Kier alpha value is -2.35. The summed E-state index contributed by atoms with van der Waals surface area (Å²) in [6.07, 6.45) is 3.41. The largest absolute Gasteiger partial charge is 0.398 e. The Balaban J connectivity index is 1.74. The molecule has 0 spiro atoms. The summed E-state index contributed by atoms with van der Waals surface area (Å²) in [5.74, 6) is 2.66. The molecule has 2 heteroatoms. The van der Waals surface area contributed by atoms with Crippen molar-refractivity contribution in [3.8, 4) is 22.8 Å². The molecule has 0 N–H and O–H groups in total. The van der Waals surface area contributed by atoms with E-state index in [0.717, 1.165) is 17.2 Å². The van der Waals surface area contributed by atoms with E-state index in [-0.39, 0.29) is 0 Å². The van der Waals surface area contributed by atoms with Gasteiger partial charge in [0.15, 0.2) is 6.04 Å². The third-order valence-corrected chi connectivity index (χ3v) is 4.46. The van der Waals surface area contributed by atoms with E-state index in [1.807, 2.05) is 6.07 Å². The molecular formula is C18H14NO+. The number of nitrogens with zero attached hydrogens (tertiary/aromatic N) is 1.